The van der Waals surface area contributed by atoms with Gasteiger partial charge in [-0.2, -0.15) is 5.10 Å². The van der Waals surface area contributed by atoms with Gasteiger partial charge in [-0.1, -0.05) is 11.8 Å². The number of carbonyl (C=O) groups is 1. The highest BCUT2D eigenvalue weighted by atomic mass is 32.2. The molecule has 1 aliphatic rings. The van der Waals surface area contributed by atoms with E-state index in [9.17, 15) is 9.59 Å². The van der Waals surface area contributed by atoms with Gasteiger partial charge in [-0.05, 0) is 85.3 Å². The molecule has 4 aromatic rings. The maximum absolute atomic E-state index is 13.8. The number of aromatic nitrogens is 2. The van der Waals surface area contributed by atoms with Gasteiger partial charge < -0.3 is 9.47 Å². The van der Waals surface area contributed by atoms with Crippen LogP contribution < -0.4 is 20.5 Å². The average Bonchev–Trinajstić information content (AvgIpc) is 3.31. The number of hydrogen-bond donors (Lipinski definition) is 1. The molecule has 0 spiro atoms. The summed E-state index contributed by atoms with van der Waals surface area (Å²) in [6, 6.07) is 14.6. The fraction of sp³-hybridized carbons (Fsp3) is 0.259. The number of benzene rings is 2. The number of nitrogens with one attached hydrogen (secondary N) is 1. The number of thioether (sulfide) groups is 1. The molecule has 0 saturated heterocycles. The molecule has 1 N–H and O–H groups in total. The number of hydrazone groups is 1. The third kappa shape index (κ3) is 5.40. The standard InChI is InChI=1S/C27H26N4O4S2/c1-34-19-11-7-17(8-12-19)15-28-30-23(32)16-36-27-29-25-24(21-5-3-4-6-22(21)37-25)26(33)31(27)18-9-13-20(35-2)14-10-18/h7-15H,3-6,16H2,1-2H3,(H,30,32). The highest BCUT2D eigenvalue weighted by Gasteiger charge is 2.23. The number of nitrogens with zero attached hydrogens (tertiary/aromatic N) is 3. The van der Waals surface area contributed by atoms with Crippen LogP contribution in [-0.2, 0) is 17.6 Å². The zero-order chi connectivity index (χ0) is 25.8. The Labute approximate surface area is 222 Å². The third-order valence-corrected chi connectivity index (χ3v) is 8.26. The summed E-state index contributed by atoms with van der Waals surface area (Å²) in [5, 5.41) is 5.21. The fourth-order valence-electron chi connectivity index (χ4n) is 4.27. The predicted molar refractivity (Wildman–Crippen MR) is 148 cm³/mol. The van der Waals surface area contributed by atoms with E-state index in [0.29, 0.717) is 22.0 Å². The van der Waals surface area contributed by atoms with Crippen LogP contribution >= 0.6 is 23.1 Å². The Hall–Kier alpha value is -3.63. The van der Waals surface area contributed by atoms with Crippen molar-refractivity contribution in [2.24, 2.45) is 5.10 Å². The number of fused-ring (bicyclic) bond motifs is 3. The molecule has 10 heteroatoms. The van der Waals surface area contributed by atoms with E-state index in [1.807, 2.05) is 48.5 Å². The van der Waals surface area contributed by atoms with E-state index in [1.165, 1.54) is 16.6 Å². The lowest BCUT2D eigenvalue weighted by molar-refractivity contribution is -0.118. The molecule has 0 unspecified atom stereocenters. The van der Waals surface area contributed by atoms with Gasteiger partial charge in [-0.3, -0.25) is 14.2 Å². The van der Waals surface area contributed by atoms with Crippen molar-refractivity contribution in [3.8, 4) is 17.2 Å². The first kappa shape index (κ1) is 25.0. The van der Waals surface area contributed by atoms with E-state index >= 15 is 0 Å². The van der Waals surface area contributed by atoms with Crippen molar-refractivity contribution in [3.05, 3.63) is 74.9 Å². The van der Waals surface area contributed by atoms with Crippen LogP contribution in [-0.4, -0.2) is 41.6 Å². The third-order valence-electron chi connectivity index (χ3n) is 6.14. The maximum Gasteiger partial charge on any atom is 0.267 e. The molecular formula is C27H26N4O4S2. The van der Waals surface area contributed by atoms with Gasteiger partial charge in [0.05, 0.1) is 37.3 Å². The van der Waals surface area contributed by atoms with Gasteiger partial charge in [-0.15, -0.1) is 11.3 Å². The first-order valence-corrected chi connectivity index (χ1v) is 13.7. The Bertz CT molecular complexity index is 1510. The molecule has 0 saturated carbocycles. The lowest BCUT2D eigenvalue weighted by atomic mass is 9.97. The molecule has 190 valence electrons. The molecule has 0 radical (unpaired) electrons. The lowest BCUT2D eigenvalue weighted by Gasteiger charge is -2.14. The molecular weight excluding hydrogens is 508 g/mol. The van der Waals surface area contributed by atoms with E-state index in [1.54, 1.807) is 36.3 Å². The summed E-state index contributed by atoms with van der Waals surface area (Å²) in [4.78, 5) is 33.2. The molecule has 1 aliphatic carbocycles. The second-order valence-electron chi connectivity index (χ2n) is 8.48. The highest BCUT2D eigenvalue weighted by molar-refractivity contribution is 7.99. The number of thiophene rings is 1. The van der Waals surface area contributed by atoms with Crippen LogP contribution in [0, 0.1) is 0 Å². The molecule has 2 heterocycles. The Balaban J connectivity index is 1.40. The van der Waals surface area contributed by atoms with Gasteiger partial charge in [-0.25, -0.2) is 10.4 Å². The van der Waals surface area contributed by atoms with Crippen LogP contribution in [0.1, 0.15) is 28.8 Å². The first-order chi connectivity index (χ1) is 18.1. The summed E-state index contributed by atoms with van der Waals surface area (Å²) < 4.78 is 12.0. The maximum atomic E-state index is 13.8. The number of ether oxygens (including phenoxy) is 2. The van der Waals surface area contributed by atoms with E-state index in [2.05, 4.69) is 10.5 Å². The average molecular weight is 535 g/mol. The summed E-state index contributed by atoms with van der Waals surface area (Å²) >= 11 is 2.81. The molecule has 37 heavy (non-hydrogen) atoms. The summed E-state index contributed by atoms with van der Waals surface area (Å²) in [6.07, 6.45) is 5.65. The van der Waals surface area contributed by atoms with Crippen LogP contribution in [0.25, 0.3) is 15.9 Å². The Morgan fingerprint density at radius 2 is 1.76 bits per heavy atom. The van der Waals surface area contributed by atoms with Crippen molar-refractivity contribution in [2.75, 3.05) is 20.0 Å². The van der Waals surface area contributed by atoms with Crippen LogP contribution in [0.3, 0.4) is 0 Å². The quantitative estimate of drug-likeness (QED) is 0.154. The second kappa shape index (κ2) is 11.2. The van der Waals surface area contributed by atoms with E-state index in [4.69, 9.17) is 14.5 Å². The van der Waals surface area contributed by atoms with Gasteiger partial charge in [0, 0.05) is 4.88 Å². The number of aryl methyl sites for hydroxylation is 2. The number of rotatable bonds is 8. The van der Waals surface area contributed by atoms with Gasteiger partial charge in [0.25, 0.3) is 11.5 Å². The van der Waals surface area contributed by atoms with Crippen molar-refractivity contribution >= 4 is 45.4 Å². The summed E-state index contributed by atoms with van der Waals surface area (Å²) in [6.45, 7) is 0. The summed E-state index contributed by atoms with van der Waals surface area (Å²) in [5.74, 6) is 1.20. The van der Waals surface area contributed by atoms with Crippen LogP contribution in [0.15, 0.2) is 63.6 Å². The molecule has 0 atom stereocenters. The van der Waals surface area contributed by atoms with E-state index in [0.717, 1.165) is 47.4 Å². The van der Waals surface area contributed by atoms with Crippen molar-refractivity contribution in [1.29, 1.82) is 0 Å². The monoisotopic (exact) mass is 534 g/mol. The molecule has 0 bridgehead atoms. The SMILES string of the molecule is COc1ccc(C=NNC(=O)CSc2nc3sc4c(c3c(=O)n2-c2ccc(OC)cc2)CCCC4)cc1. The summed E-state index contributed by atoms with van der Waals surface area (Å²) in [7, 11) is 3.21. The van der Waals surface area contributed by atoms with Gasteiger partial charge in [0.2, 0.25) is 0 Å². The fourth-order valence-corrected chi connectivity index (χ4v) is 6.38. The van der Waals surface area contributed by atoms with Gasteiger partial charge in [0.15, 0.2) is 5.16 Å². The minimum Gasteiger partial charge on any atom is -0.497 e. The van der Waals surface area contributed by atoms with Crippen molar-refractivity contribution < 1.29 is 14.3 Å². The predicted octanol–water partition coefficient (Wildman–Crippen LogP) is 4.59. The first-order valence-electron chi connectivity index (χ1n) is 11.9. The number of hydrogen-bond acceptors (Lipinski definition) is 8. The Kier molecular flexibility index (Phi) is 7.57. The summed E-state index contributed by atoms with van der Waals surface area (Å²) in [5.41, 5.74) is 5.08. The Morgan fingerprint density at radius 1 is 1.08 bits per heavy atom. The molecule has 2 aromatic heterocycles. The van der Waals surface area contributed by atoms with Crippen molar-refractivity contribution in [1.82, 2.24) is 15.0 Å². The highest BCUT2D eigenvalue weighted by Crippen LogP contribution is 2.35. The molecule has 2 aromatic carbocycles. The minimum absolute atomic E-state index is 0.0547. The van der Waals surface area contributed by atoms with Crippen molar-refractivity contribution in [3.63, 3.8) is 0 Å². The molecule has 0 fully saturated rings. The zero-order valence-corrected chi connectivity index (χ0v) is 22.2. The smallest absolute Gasteiger partial charge is 0.267 e. The van der Waals surface area contributed by atoms with Gasteiger partial charge in [0.1, 0.15) is 16.3 Å². The number of carbonyl (C=O) groups excluding carboxylic acids is 1. The van der Waals surface area contributed by atoms with Crippen LogP contribution in [0.5, 0.6) is 11.5 Å². The molecule has 0 aliphatic heterocycles. The van der Waals surface area contributed by atoms with E-state index in [-0.39, 0.29) is 17.2 Å². The topological polar surface area (TPSA) is 94.8 Å². The number of methoxy groups -OCH3 is 2. The molecule has 5 rings (SSSR count). The van der Waals surface area contributed by atoms with Crippen molar-refractivity contribution in [2.45, 2.75) is 30.8 Å². The second-order valence-corrected chi connectivity index (χ2v) is 10.5. The van der Waals surface area contributed by atoms with E-state index < -0.39 is 0 Å². The lowest BCUT2D eigenvalue weighted by Crippen LogP contribution is -2.24. The number of amides is 1. The van der Waals surface area contributed by atoms with Crippen LogP contribution in [0.4, 0.5) is 0 Å². The Morgan fingerprint density at radius 3 is 2.46 bits per heavy atom. The minimum atomic E-state index is -0.295. The molecule has 8 nitrogen and oxygen atoms in total. The molecule has 1 amide bonds. The largest absolute Gasteiger partial charge is 0.497 e. The van der Waals surface area contributed by atoms with Gasteiger partial charge >= 0.3 is 0 Å². The van der Waals surface area contributed by atoms with Crippen LogP contribution in [0.2, 0.25) is 0 Å². The zero-order valence-electron chi connectivity index (χ0n) is 20.5. The normalized spacial score (nSPS) is 13.0.